The minimum atomic E-state index is -0.171. The molecule has 0 bridgehead atoms. The van der Waals surface area contributed by atoms with E-state index in [9.17, 15) is 9.90 Å². The first kappa shape index (κ1) is 19.9. The third kappa shape index (κ3) is 5.55. The van der Waals surface area contributed by atoms with Crippen LogP contribution < -0.4 is 10.2 Å². The Bertz CT molecular complexity index is 803. The highest BCUT2D eigenvalue weighted by Gasteiger charge is 2.18. The number of rotatable bonds is 7. The maximum absolute atomic E-state index is 12.1. The first-order valence-corrected chi connectivity index (χ1v) is 9.32. The van der Waals surface area contributed by atoms with Gasteiger partial charge >= 0.3 is 0 Å². The number of piperazine rings is 1. The number of ether oxygens (including phenoxy) is 1. The molecule has 28 heavy (non-hydrogen) atoms. The van der Waals surface area contributed by atoms with E-state index in [1.165, 1.54) is 18.9 Å². The van der Waals surface area contributed by atoms with Gasteiger partial charge in [0.15, 0.2) is 11.5 Å². The second kappa shape index (κ2) is 9.87. The molecule has 2 aromatic carbocycles. The van der Waals surface area contributed by atoms with Crippen LogP contribution in [0.2, 0.25) is 0 Å². The van der Waals surface area contributed by atoms with Crippen molar-refractivity contribution >= 4 is 12.1 Å². The van der Waals surface area contributed by atoms with Crippen molar-refractivity contribution < 1.29 is 14.6 Å². The molecule has 148 valence electrons. The predicted molar refractivity (Wildman–Crippen MR) is 109 cm³/mol. The van der Waals surface area contributed by atoms with Crippen molar-refractivity contribution in [3.8, 4) is 11.5 Å². The Morgan fingerprint density at radius 2 is 1.82 bits per heavy atom. The average molecular weight is 382 g/mol. The Morgan fingerprint density at radius 1 is 1.11 bits per heavy atom. The molecule has 1 aliphatic rings. The quantitative estimate of drug-likeness (QED) is 0.563. The third-order valence-electron chi connectivity index (χ3n) is 4.72. The Balaban J connectivity index is 1.41. The number of carbonyl (C=O) groups excluding carboxylic acids is 1. The second-order valence-electron chi connectivity index (χ2n) is 6.73. The maximum Gasteiger partial charge on any atom is 0.254 e. The summed E-state index contributed by atoms with van der Waals surface area (Å²) in [6.45, 7) is 4.81. The van der Waals surface area contributed by atoms with E-state index in [1.807, 2.05) is 6.07 Å². The predicted octanol–water partition coefficient (Wildman–Crippen LogP) is 1.67. The van der Waals surface area contributed by atoms with E-state index in [0.717, 1.165) is 32.7 Å². The van der Waals surface area contributed by atoms with Gasteiger partial charge in [-0.05, 0) is 17.7 Å². The number of phenolic OH excluding ortho intramolecular Hbond substituents is 1. The number of methoxy groups -OCH3 is 1. The number of para-hydroxylation sites is 1. The van der Waals surface area contributed by atoms with Gasteiger partial charge in [-0.25, -0.2) is 5.43 Å². The van der Waals surface area contributed by atoms with Crippen molar-refractivity contribution in [1.82, 2.24) is 15.2 Å². The number of nitrogens with one attached hydrogen (secondary N) is 1. The lowest BCUT2D eigenvalue weighted by molar-refractivity contribution is -0.122. The van der Waals surface area contributed by atoms with E-state index in [2.05, 4.69) is 44.6 Å². The van der Waals surface area contributed by atoms with Gasteiger partial charge < -0.3 is 9.84 Å². The average Bonchev–Trinajstić information content (AvgIpc) is 2.71. The van der Waals surface area contributed by atoms with Gasteiger partial charge in [-0.3, -0.25) is 14.6 Å². The first-order chi connectivity index (χ1) is 13.7. The number of aromatic hydroxyl groups is 1. The van der Waals surface area contributed by atoms with E-state index in [-0.39, 0.29) is 11.7 Å². The van der Waals surface area contributed by atoms with E-state index >= 15 is 0 Å². The third-order valence-corrected chi connectivity index (χ3v) is 4.72. The number of amides is 1. The molecule has 0 aliphatic carbocycles. The van der Waals surface area contributed by atoms with Gasteiger partial charge in [-0.2, -0.15) is 5.10 Å². The van der Waals surface area contributed by atoms with Gasteiger partial charge in [0.2, 0.25) is 0 Å². The number of hydrazone groups is 1. The number of carbonyl (C=O) groups is 1. The van der Waals surface area contributed by atoms with Crippen LogP contribution >= 0.6 is 0 Å². The molecule has 0 atom stereocenters. The van der Waals surface area contributed by atoms with Crippen LogP contribution in [0.1, 0.15) is 11.1 Å². The van der Waals surface area contributed by atoms with Crippen LogP contribution in [0.5, 0.6) is 11.5 Å². The number of phenols is 1. The van der Waals surface area contributed by atoms with Crippen molar-refractivity contribution in [2.24, 2.45) is 5.10 Å². The zero-order chi connectivity index (χ0) is 19.8. The van der Waals surface area contributed by atoms with Crippen LogP contribution in [0.4, 0.5) is 0 Å². The Labute approximate surface area is 165 Å². The molecule has 2 aromatic rings. The summed E-state index contributed by atoms with van der Waals surface area (Å²) in [5, 5.41) is 13.9. The van der Waals surface area contributed by atoms with Crippen molar-refractivity contribution in [3.05, 3.63) is 59.7 Å². The molecule has 0 unspecified atom stereocenters. The normalized spacial score (nSPS) is 15.6. The van der Waals surface area contributed by atoms with Crippen LogP contribution in [-0.4, -0.2) is 66.9 Å². The molecular weight excluding hydrogens is 356 g/mol. The highest BCUT2D eigenvalue weighted by atomic mass is 16.5. The molecule has 1 aliphatic heterocycles. The van der Waals surface area contributed by atoms with Gasteiger partial charge in [0, 0.05) is 38.3 Å². The summed E-state index contributed by atoms with van der Waals surface area (Å²) in [5.41, 5.74) is 4.31. The number of hydrogen-bond acceptors (Lipinski definition) is 6. The lowest BCUT2D eigenvalue weighted by Crippen LogP contribution is -2.48. The molecule has 1 amide bonds. The Hall–Kier alpha value is -2.90. The van der Waals surface area contributed by atoms with E-state index in [1.54, 1.807) is 18.2 Å². The zero-order valence-corrected chi connectivity index (χ0v) is 16.0. The number of benzene rings is 2. The van der Waals surface area contributed by atoms with Crippen molar-refractivity contribution in [1.29, 1.82) is 0 Å². The van der Waals surface area contributed by atoms with Crippen molar-refractivity contribution in [2.45, 2.75) is 6.54 Å². The number of nitrogens with zero attached hydrogens (tertiary/aromatic N) is 3. The lowest BCUT2D eigenvalue weighted by atomic mass is 10.2. The molecule has 0 saturated carbocycles. The molecule has 3 rings (SSSR count). The van der Waals surface area contributed by atoms with Crippen molar-refractivity contribution in [3.63, 3.8) is 0 Å². The van der Waals surface area contributed by atoms with Gasteiger partial charge in [0.1, 0.15) is 0 Å². The lowest BCUT2D eigenvalue weighted by Gasteiger charge is -2.34. The molecule has 1 fully saturated rings. The Kier molecular flexibility index (Phi) is 7.00. The van der Waals surface area contributed by atoms with Crippen LogP contribution in [-0.2, 0) is 11.3 Å². The monoisotopic (exact) mass is 382 g/mol. The minimum Gasteiger partial charge on any atom is -0.504 e. The fourth-order valence-electron chi connectivity index (χ4n) is 3.17. The summed E-state index contributed by atoms with van der Waals surface area (Å²) in [7, 11) is 1.48. The molecule has 0 spiro atoms. The van der Waals surface area contributed by atoms with Crippen LogP contribution in [0.25, 0.3) is 0 Å². The van der Waals surface area contributed by atoms with Crippen LogP contribution in [0.15, 0.2) is 53.6 Å². The molecular formula is C21H26N4O3. The van der Waals surface area contributed by atoms with Gasteiger partial charge in [0.25, 0.3) is 5.91 Å². The summed E-state index contributed by atoms with van der Waals surface area (Å²) < 4.78 is 5.05. The van der Waals surface area contributed by atoms with E-state index in [4.69, 9.17) is 4.74 Å². The molecule has 1 saturated heterocycles. The molecule has 2 N–H and O–H groups in total. The summed E-state index contributed by atoms with van der Waals surface area (Å²) in [6, 6.07) is 15.5. The SMILES string of the molecule is COc1cccc(/C=N\NC(=O)CN2CCN(Cc3ccccc3)CC2)c1O. The summed E-state index contributed by atoms with van der Waals surface area (Å²) in [6.07, 6.45) is 1.41. The van der Waals surface area contributed by atoms with Gasteiger partial charge in [-0.15, -0.1) is 0 Å². The zero-order valence-electron chi connectivity index (χ0n) is 16.0. The molecule has 0 radical (unpaired) electrons. The standard InChI is InChI=1S/C21H26N4O3/c1-28-19-9-5-8-18(21(19)27)14-22-23-20(26)16-25-12-10-24(11-13-25)15-17-6-3-2-4-7-17/h2-9,14,27H,10-13,15-16H2,1H3,(H,23,26)/b22-14-. The minimum absolute atomic E-state index is 0.00228. The fourth-order valence-corrected chi connectivity index (χ4v) is 3.17. The first-order valence-electron chi connectivity index (χ1n) is 9.32. The largest absolute Gasteiger partial charge is 0.504 e. The highest BCUT2D eigenvalue weighted by Crippen LogP contribution is 2.27. The van der Waals surface area contributed by atoms with E-state index < -0.39 is 0 Å². The molecule has 0 aromatic heterocycles. The smallest absolute Gasteiger partial charge is 0.254 e. The van der Waals surface area contributed by atoms with Crippen molar-refractivity contribution in [2.75, 3.05) is 39.8 Å². The summed E-state index contributed by atoms with van der Waals surface area (Å²) in [4.78, 5) is 16.6. The van der Waals surface area contributed by atoms with Crippen LogP contribution in [0.3, 0.4) is 0 Å². The maximum atomic E-state index is 12.1. The molecule has 1 heterocycles. The Morgan fingerprint density at radius 3 is 2.54 bits per heavy atom. The topological polar surface area (TPSA) is 77.4 Å². The highest BCUT2D eigenvalue weighted by molar-refractivity contribution is 5.86. The van der Waals surface area contributed by atoms with Gasteiger partial charge in [0.05, 0.1) is 19.9 Å². The van der Waals surface area contributed by atoms with Crippen LogP contribution in [0, 0.1) is 0 Å². The summed E-state index contributed by atoms with van der Waals surface area (Å²) in [5.74, 6) is 0.191. The fraction of sp³-hybridized carbons (Fsp3) is 0.333. The van der Waals surface area contributed by atoms with Gasteiger partial charge in [-0.1, -0.05) is 36.4 Å². The second-order valence-corrected chi connectivity index (χ2v) is 6.73. The summed E-state index contributed by atoms with van der Waals surface area (Å²) >= 11 is 0. The molecule has 7 heteroatoms. The molecule has 7 nitrogen and oxygen atoms in total. The number of hydrogen-bond donors (Lipinski definition) is 2. The van der Waals surface area contributed by atoms with E-state index in [0.29, 0.717) is 17.9 Å².